The fourth-order valence-electron chi connectivity index (χ4n) is 2.47. The number of hydrogen-bond donors (Lipinski definition) is 2. The van der Waals surface area contributed by atoms with Crippen LogP contribution in [-0.2, 0) is 11.3 Å². The molecule has 2 N–H and O–H groups in total. The molecular weight excluding hydrogens is 264 g/mol. The third-order valence-electron chi connectivity index (χ3n) is 3.70. The summed E-state index contributed by atoms with van der Waals surface area (Å²) in [4.78, 5) is 13.8. The first-order valence-corrected chi connectivity index (χ1v) is 7.33. The van der Waals surface area contributed by atoms with Gasteiger partial charge in [0.25, 0.3) is 0 Å². The van der Waals surface area contributed by atoms with Crippen molar-refractivity contribution >= 4 is 11.6 Å². The predicted octanol–water partition coefficient (Wildman–Crippen LogP) is 1.38. The summed E-state index contributed by atoms with van der Waals surface area (Å²) in [7, 11) is 0. The molecular formula is C16H22N4O. The summed E-state index contributed by atoms with van der Waals surface area (Å²) in [6.07, 6.45) is 0. The molecule has 5 nitrogen and oxygen atoms in total. The Morgan fingerprint density at radius 1 is 1.52 bits per heavy atom. The summed E-state index contributed by atoms with van der Waals surface area (Å²) in [5.41, 5.74) is 2.55. The van der Waals surface area contributed by atoms with Crippen LogP contribution in [0, 0.1) is 11.3 Å². The molecule has 2 rings (SSSR count). The van der Waals surface area contributed by atoms with Crippen LogP contribution >= 0.6 is 0 Å². The highest BCUT2D eigenvalue weighted by molar-refractivity contribution is 5.86. The molecule has 1 fully saturated rings. The summed E-state index contributed by atoms with van der Waals surface area (Å²) in [6.45, 7) is 8.13. The Morgan fingerprint density at radius 3 is 2.95 bits per heavy atom. The Kier molecular flexibility index (Phi) is 4.81. The molecule has 1 aliphatic rings. The molecule has 1 amide bonds. The molecule has 1 aliphatic heterocycles. The summed E-state index contributed by atoms with van der Waals surface area (Å²) < 4.78 is 0. The van der Waals surface area contributed by atoms with E-state index in [1.165, 1.54) is 0 Å². The monoisotopic (exact) mass is 286 g/mol. The van der Waals surface area contributed by atoms with Crippen molar-refractivity contribution in [2.75, 3.05) is 18.0 Å². The molecule has 1 heterocycles. The smallest absolute Gasteiger partial charge is 0.242 e. The minimum Gasteiger partial charge on any atom is -0.357 e. The molecule has 0 saturated carbocycles. The van der Waals surface area contributed by atoms with Gasteiger partial charge in [-0.15, -0.1) is 0 Å². The first-order valence-electron chi connectivity index (χ1n) is 7.33. The van der Waals surface area contributed by atoms with Gasteiger partial charge in [0.2, 0.25) is 5.91 Å². The van der Waals surface area contributed by atoms with Gasteiger partial charge in [-0.3, -0.25) is 4.79 Å². The van der Waals surface area contributed by atoms with Crippen molar-refractivity contribution in [3.8, 4) is 6.07 Å². The molecule has 5 heteroatoms. The zero-order valence-electron chi connectivity index (χ0n) is 12.8. The molecule has 1 unspecified atom stereocenters. The van der Waals surface area contributed by atoms with Crippen molar-refractivity contribution in [3.05, 3.63) is 29.3 Å². The minimum absolute atomic E-state index is 0.00990. The van der Waals surface area contributed by atoms with Gasteiger partial charge < -0.3 is 15.5 Å². The van der Waals surface area contributed by atoms with Gasteiger partial charge in [0.15, 0.2) is 0 Å². The van der Waals surface area contributed by atoms with E-state index in [1.54, 1.807) is 0 Å². The summed E-state index contributed by atoms with van der Waals surface area (Å²) in [6, 6.07) is 8.29. The lowest BCUT2D eigenvalue weighted by atomic mass is 10.1. The topological polar surface area (TPSA) is 68.2 Å². The highest BCUT2D eigenvalue weighted by atomic mass is 16.2. The van der Waals surface area contributed by atoms with Crippen molar-refractivity contribution in [1.82, 2.24) is 10.6 Å². The minimum atomic E-state index is -0.245. The molecule has 1 atom stereocenters. The maximum absolute atomic E-state index is 11.8. The predicted molar refractivity (Wildman–Crippen MR) is 83.0 cm³/mol. The van der Waals surface area contributed by atoms with Crippen LogP contribution in [0.1, 0.15) is 31.9 Å². The van der Waals surface area contributed by atoms with Gasteiger partial charge in [-0.25, -0.2) is 0 Å². The van der Waals surface area contributed by atoms with Crippen LogP contribution in [0.15, 0.2) is 18.2 Å². The number of benzene rings is 1. The summed E-state index contributed by atoms with van der Waals surface area (Å²) >= 11 is 0. The van der Waals surface area contributed by atoms with E-state index < -0.39 is 0 Å². The standard InChI is InChI=1S/C16H22N4O/c1-11(2)19-10-13-4-5-15(14(8-13)9-17)20-7-6-18-16(21)12(20)3/h4-5,8,11-12,19H,6-7,10H2,1-3H3,(H,18,21). The van der Waals surface area contributed by atoms with Gasteiger partial charge in [-0.05, 0) is 24.6 Å². The van der Waals surface area contributed by atoms with E-state index in [1.807, 2.05) is 30.0 Å². The normalized spacial score (nSPS) is 18.5. The van der Waals surface area contributed by atoms with Crippen molar-refractivity contribution in [2.45, 2.75) is 39.4 Å². The number of piperazine rings is 1. The highest BCUT2D eigenvalue weighted by Gasteiger charge is 2.27. The molecule has 1 aromatic carbocycles. The van der Waals surface area contributed by atoms with Gasteiger partial charge in [0.05, 0.1) is 11.3 Å². The van der Waals surface area contributed by atoms with Crippen LogP contribution in [0.3, 0.4) is 0 Å². The highest BCUT2D eigenvalue weighted by Crippen LogP contribution is 2.24. The van der Waals surface area contributed by atoms with E-state index in [0.29, 0.717) is 18.2 Å². The maximum Gasteiger partial charge on any atom is 0.242 e. The lowest BCUT2D eigenvalue weighted by Gasteiger charge is -2.35. The largest absolute Gasteiger partial charge is 0.357 e. The van der Waals surface area contributed by atoms with Crippen molar-refractivity contribution in [2.24, 2.45) is 0 Å². The number of nitrogens with zero attached hydrogens (tertiary/aromatic N) is 2. The van der Waals surface area contributed by atoms with Gasteiger partial charge >= 0.3 is 0 Å². The molecule has 112 valence electrons. The molecule has 0 aliphatic carbocycles. The second-order valence-corrected chi connectivity index (χ2v) is 5.66. The van der Waals surface area contributed by atoms with E-state index in [9.17, 15) is 10.1 Å². The van der Waals surface area contributed by atoms with Gasteiger partial charge in [0.1, 0.15) is 12.1 Å². The molecule has 0 aromatic heterocycles. The quantitative estimate of drug-likeness (QED) is 0.877. The number of nitrogens with one attached hydrogen (secondary N) is 2. The average Bonchev–Trinajstić information content (AvgIpc) is 2.48. The van der Waals surface area contributed by atoms with E-state index in [0.717, 1.165) is 24.3 Å². The fourth-order valence-corrected chi connectivity index (χ4v) is 2.47. The molecule has 1 saturated heterocycles. The number of nitriles is 1. The summed E-state index contributed by atoms with van der Waals surface area (Å²) in [5, 5.41) is 15.6. The third-order valence-corrected chi connectivity index (χ3v) is 3.70. The first kappa shape index (κ1) is 15.3. The van der Waals surface area contributed by atoms with Crippen LogP contribution < -0.4 is 15.5 Å². The SMILES string of the molecule is CC(C)NCc1ccc(N2CCNC(=O)C2C)c(C#N)c1. The van der Waals surface area contributed by atoms with Crippen LogP contribution in [-0.4, -0.2) is 31.1 Å². The van der Waals surface area contributed by atoms with Crippen molar-refractivity contribution in [1.29, 1.82) is 5.26 Å². The Morgan fingerprint density at radius 2 is 2.29 bits per heavy atom. The van der Waals surface area contributed by atoms with E-state index >= 15 is 0 Å². The Balaban J connectivity index is 2.24. The first-order chi connectivity index (χ1) is 10.0. The molecule has 0 radical (unpaired) electrons. The molecule has 21 heavy (non-hydrogen) atoms. The number of rotatable bonds is 4. The van der Waals surface area contributed by atoms with Crippen molar-refractivity contribution < 1.29 is 4.79 Å². The average molecular weight is 286 g/mol. The van der Waals surface area contributed by atoms with E-state index in [2.05, 4.69) is 30.6 Å². The van der Waals surface area contributed by atoms with Crippen LogP contribution in [0.4, 0.5) is 5.69 Å². The van der Waals surface area contributed by atoms with Gasteiger partial charge in [0, 0.05) is 25.7 Å². The Hall–Kier alpha value is -2.06. The van der Waals surface area contributed by atoms with Crippen LogP contribution in [0.2, 0.25) is 0 Å². The lowest BCUT2D eigenvalue weighted by molar-refractivity contribution is -0.122. The Bertz CT molecular complexity index is 562. The summed E-state index contributed by atoms with van der Waals surface area (Å²) in [5.74, 6) is 0.00990. The van der Waals surface area contributed by atoms with Crippen LogP contribution in [0.25, 0.3) is 0 Å². The second-order valence-electron chi connectivity index (χ2n) is 5.66. The second kappa shape index (κ2) is 6.59. The number of hydrogen-bond acceptors (Lipinski definition) is 4. The van der Waals surface area contributed by atoms with Crippen molar-refractivity contribution in [3.63, 3.8) is 0 Å². The molecule has 1 aromatic rings. The zero-order chi connectivity index (χ0) is 15.4. The number of anilines is 1. The number of amides is 1. The zero-order valence-corrected chi connectivity index (χ0v) is 12.8. The maximum atomic E-state index is 11.8. The number of carbonyl (C=O) groups excluding carboxylic acids is 1. The van der Waals surface area contributed by atoms with E-state index in [-0.39, 0.29) is 11.9 Å². The van der Waals surface area contributed by atoms with E-state index in [4.69, 9.17) is 0 Å². The molecule has 0 spiro atoms. The number of carbonyl (C=O) groups is 1. The van der Waals surface area contributed by atoms with Gasteiger partial charge in [-0.1, -0.05) is 19.9 Å². The third kappa shape index (κ3) is 3.53. The fraction of sp³-hybridized carbons (Fsp3) is 0.500. The van der Waals surface area contributed by atoms with Crippen LogP contribution in [0.5, 0.6) is 0 Å². The molecule has 0 bridgehead atoms. The Labute approximate surface area is 125 Å². The lowest BCUT2D eigenvalue weighted by Crippen LogP contribution is -2.54. The van der Waals surface area contributed by atoms with Gasteiger partial charge in [-0.2, -0.15) is 5.26 Å².